The van der Waals surface area contributed by atoms with Crippen LogP contribution in [0.4, 0.5) is 0 Å². The van der Waals surface area contributed by atoms with Gasteiger partial charge < -0.3 is 0 Å². The number of carbonyl (C=O) groups is 1. The summed E-state index contributed by atoms with van der Waals surface area (Å²) in [6.07, 6.45) is 0. The molecule has 0 unspecified atom stereocenters. The summed E-state index contributed by atoms with van der Waals surface area (Å²) in [4.78, 5) is 18.8. The van der Waals surface area contributed by atoms with Crippen molar-refractivity contribution in [1.29, 1.82) is 0 Å². The Kier molecular flexibility index (Phi) is 3.76. The molecule has 1 aliphatic heterocycles. The minimum Gasteiger partial charge on any atom is -0.291 e. The molecule has 21 heavy (non-hydrogen) atoms. The molecule has 0 saturated heterocycles. The molecule has 4 heteroatoms. The molecular weight excluding hydrogens is 284 g/mol. The highest BCUT2D eigenvalue weighted by molar-refractivity contribution is 6.31. The first kappa shape index (κ1) is 13.8. The Morgan fingerprint density at radius 2 is 1.95 bits per heavy atom. The van der Waals surface area contributed by atoms with E-state index in [4.69, 9.17) is 11.6 Å². The van der Waals surface area contributed by atoms with Crippen LogP contribution in [0, 0.1) is 6.92 Å². The Morgan fingerprint density at radius 3 is 2.67 bits per heavy atom. The number of nitrogens with zero attached hydrogens (tertiary/aromatic N) is 2. The van der Waals surface area contributed by atoms with Crippen molar-refractivity contribution in [3.63, 3.8) is 0 Å². The van der Waals surface area contributed by atoms with Gasteiger partial charge in [0.1, 0.15) is 5.84 Å². The Bertz CT molecular complexity index is 707. The van der Waals surface area contributed by atoms with Gasteiger partial charge in [-0.1, -0.05) is 41.4 Å². The minimum atomic E-state index is -0.0220. The number of aliphatic imine (C=N–C) groups is 1. The van der Waals surface area contributed by atoms with E-state index in [9.17, 15) is 4.79 Å². The van der Waals surface area contributed by atoms with Crippen LogP contribution in [-0.4, -0.2) is 29.7 Å². The van der Waals surface area contributed by atoms with Gasteiger partial charge in [-0.3, -0.25) is 14.7 Å². The second-order valence-corrected chi connectivity index (χ2v) is 5.47. The smallest absolute Gasteiger partial charge is 0.259 e. The fourth-order valence-corrected chi connectivity index (χ4v) is 2.56. The summed E-state index contributed by atoms with van der Waals surface area (Å²) in [5.74, 6) is 0.675. The van der Waals surface area contributed by atoms with Crippen LogP contribution in [0.2, 0.25) is 5.02 Å². The van der Waals surface area contributed by atoms with Gasteiger partial charge in [-0.25, -0.2) is 0 Å². The Labute approximate surface area is 128 Å². The van der Waals surface area contributed by atoms with Crippen molar-refractivity contribution in [3.05, 3.63) is 70.2 Å². The standard InChI is InChI=1S/C17H15ClN2O/c1-12-5-7-13(8-6-12)17(21)20-10-9-19-16(20)14-3-2-4-15(18)11-14/h2-8,11H,9-10H2,1H3. The highest BCUT2D eigenvalue weighted by atomic mass is 35.5. The minimum absolute atomic E-state index is 0.0220. The fourth-order valence-electron chi connectivity index (χ4n) is 2.37. The van der Waals surface area contributed by atoms with E-state index in [0.29, 0.717) is 29.5 Å². The molecule has 0 N–H and O–H groups in total. The van der Waals surface area contributed by atoms with Crippen LogP contribution >= 0.6 is 11.6 Å². The average Bonchev–Trinajstić information content (AvgIpc) is 2.97. The molecule has 0 aromatic heterocycles. The van der Waals surface area contributed by atoms with Gasteiger partial charge in [0.05, 0.1) is 6.54 Å². The highest BCUT2D eigenvalue weighted by Crippen LogP contribution is 2.18. The molecule has 3 nitrogen and oxygen atoms in total. The van der Waals surface area contributed by atoms with E-state index in [0.717, 1.165) is 11.1 Å². The number of hydrogen-bond acceptors (Lipinski definition) is 2. The maximum Gasteiger partial charge on any atom is 0.259 e. The van der Waals surface area contributed by atoms with E-state index < -0.39 is 0 Å². The third kappa shape index (κ3) is 2.83. The quantitative estimate of drug-likeness (QED) is 0.834. The first-order chi connectivity index (χ1) is 10.1. The number of hydrogen-bond donors (Lipinski definition) is 0. The molecule has 1 aliphatic rings. The van der Waals surface area contributed by atoms with Crippen molar-refractivity contribution in [2.24, 2.45) is 4.99 Å². The van der Waals surface area contributed by atoms with Crippen molar-refractivity contribution in [2.45, 2.75) is 6.92 Å². The molecule has 0 radical (unpaired) electrons. The molecule has 1 amide bonds. The molecule has 106 valence electrons. The van der Waals surface area contributed by atoms with Crippen LogP contribution in [0.3, 0.4) is 0 Å². The van der Waals surface area contributed by atoms with E-state index >= 15 is 0 Å². The lowest BCUT2D eigenvalue weighted by molar-refractivity contribution is 0.0858. The molecule has 3 rings (SSSR count). The zero-order valence-electron chi connectivity index (χ0n) is 11.7. The van der Waals surface area contributed by atoms with Gasteiger partial charge in [0, 0.05) is 22.7 Å². The van der Waals surface area contributed by atoms with Crippen molar-refractivity contribution in [1.82, 2.24) is 4.90 Å². The number of carbonyl (C=O) groups excluding carboxylic acids is 1. The summed E-state index contributed by atoms with van der Waals surface area (Å²) in [6.45, 7) is 3.23. The zero-order chi connectivity index (χ0) is 14.8. The molecule has 0 fully saturated rings. The lowest BCUT2D eigenvalue weighted by atomic mass is 10.1. The van der Waals surface area contributed by atoms with Crippen LogP contribution in [0.25, 0.3) is 0 Å². The van der Waals surface area contributed by atoms with Crippen molar-refractivity contribution < 1.29 is 4.79 Å². The molecule has 0 aliphatic carbocycles. The van der Waals surface area contributed by atoms with Crippen LogP contribution in [0.1, 0.15) is 21.5 Å². The van der Waals surface area contributed by atoms with E-state index in [2.05, 4.69) is 4.99 Å². The second-order valence-electron chi connectivity index (χ2n) is 5.04. The number of aryl methyl sites for hydroxylation is 1. The summed E-state index contributed by atoms with van der Waals surface area (Å²) in [5, 5.41) is 0.643. The maximum atomic E-state index is 12.6. The van der Waals surface area contributed by atoms with Crippen LogP contribution in [0.15, 0.2) is 53.5 Å². The third-order valence-electron chi connectivity index (χ3n) is 3.47. The van der Waals surface area contributed by atoms with Crippen LogP contribution in [-0.2, 0) is 0 Å². The van der Waals surface area contributed by atoms with E-state index in [1.807, 2.05) is 55.5 Å². The summed E-state index contributed by atoms with van der Waals surface area (Å²) < 4.78 is 0. The largest absolute Gasteiger partial charge is 0.291 e. The van der Waals surface area contributed by atoms with E-state index in [1.54, 1.807) is 4.90 Å². The fraction of sp³-hybridized carbons (Fsp3) is 0.176. The third-order valence-corrected chi connectivity index (χ3v) is 3.70. The molecule has 2 aromatic carbocycles. The Hall–Kier alpha value is -2.13. The lowest BCUT2D eigenvalue weighted by Crippen LogP contribution is -2.34. The maximum absolute atomic E-state index is 12.6. The van der Waals surface area contributed by atoms with Gasteiger partial charge in [-0.05, 0) is 31.2 Å². The predicted molar refractivity (Wildman–Crippen MR) is 85.1 cm³/mol. The summed E-state index contributed by atoms with van der Waals surface area (Å²) in [6, 6.07) is 15.0. The highest BCUT2D eigenvalue weighted by Gasteiger charge is 2.25. The van der Waals surface area contributed by atoms with E-state index in [1.165, 1.54) is 0 Å². The molecule has 0 bridgehead atoms. The summed E-state index contributed by atoms with van der Waals surface area (Å²) in [7, 11) is 0. The number of halogens is 1. The number of benzene rings is 2. The number of amides is 1. The second kappa shape index (κ2) is 5.70. The molecule has 1 heterocycles. The van der Waals surface area contributed by atoms with Crippen molar-refractivity contribution in [3.8, 4) is 0 Å². The molecule has 2 aromatic rings. The molecule has 0 atom stereocenters. The van der Waals surface area contributed by atoms with Gasteiger partial charge in [0.2, 0.25) is 0 Å². The van der Waals surface area contributed by atoms with Crippen molar-refractivity contribution >= 4 is 23.3 Å². The topological polar surface area (TPSA) is 32.7 Å². The van der Waals surface area contributed by atoms with Crippen molar-refractivity contribution in [2.75, 3.05) is 13.1 Å². The van der Waals surface area contributed by atoms with Crippen LogP contribution in [0.5, 0.6) is 0 Å². The normalized spacial score (nSPS) is 14.2. The van der Waals surface area contributed by atoms with Gasteiger partial charge in [0.15, 0.2) is 0 Å². The first-order valence-corrected chi connectivity index (χ1v) is 7.22. The van der Waals surface area contributed by atoms with Gasteiger partial charge in [-0.15, -0.1) is 0 Å². The molecule has 0 spiro atoms. The number of rotatable bonds is 2. The molecular formula is C17H15ClN2O. The van der Waals surface area contributed by atoms with E-state index in [-0.39, 0.29) is 5.91 Å². The first-order valence-electron chi connectivity index (χ1n) is 6.84. The zero-order valence-corrected chi connectivity index (χ0v) is 12.5. The monoisotopic (exact) mass is 298 g/mol. The van der Waals surface area contributed by atoms with Gasteiger partial charge in [0.25, 0.3) is 5.91 Å². The Morgan fingerprint density at radius 1 is 1.19 bits per heavy atom. The number of amidine groups is 1. The summed E-state index contributed by atoms with van der Waals surface area (Å²) in [5.41, 5.74) is 2.69. The van der Waals surface area contributed by atoms with Gasteiger partial charge in [-0.2, -0.15) is 0 Å². The predicted octanol–water partition coefficient (Wildman–Crippen LogP) is 3.55. The SMILES string of the molecule is Cc1ccc(C(=O)N2CCN=C2c2cccc(Cl)c2)cc1. The van der Waals surface area contributed by atoms with Crippen LogP contribution < -0.4 is 0 Å². The summed E-state index contributed by atoms with van der Waals surface area (Å²) >= 11 is 6.03. The lowest BCUT2D eigenvalue weighted by Gasteiger charge is -2.19. The average molecular weight is 299 g/mol. The Balaban J connectivity index is 1.90. The van der Waals surface area contributed by atoms with Gasteiger partial charge >= 0.3 is 0 Å². The molecule has 0 saturated carbocycles.